The van der Waals surface area contributed by atoms with Crippen molar-refractivity contribution in [2.24, 2.45) is 0 Å². The van der Waals surface area contributed by atoms with Gasteiger partial charge in [-0.2, -0.15) is 0 Å². The minimum absolute atomic E-state index is 0.153. The topological polar surface area (TPSA) is 64.1 Å². The van der Waals surface area contributed by atoms with Crippen molar-refractivity contribution < 1.29 is 9.53 Å². The van der Waals surface area contributed by atoms with Gasteiger partial charge in [-0.3, -0.25) is 0 Å². The van der Waals surface area contributed by atoms with Crippen molar-refractivity contribution in [3.05, 3.63) is 15.1 Å². The molecule has 1 aliphatic rings. The lowest BCUT2D eigenvalue weighted by molar-refractivity contribution is 0.0586. The first-order valence-electron chi connectivity index (χ1n) is 6.57. The second-order valence-electron chi connectivity index (χ2n) is 4.60. The summed E-state index contributed by atoms with van der Waals surface area (Å²) in [6, 6.07) is 0. The third kappa shape index (κ3) is 3.16. The summed E-state index contributed by atoms with van der Waals surface area (Å²) in [7, 11) is 1.35. The molecule has 1 N–H and O–H groups in total. The predicted octanol–water partition coefficient (Wildman–Crippen LogP) is 2.96. The number of methoxy groups -OCH3 is 1. The highest BCUT2D eigenvalue weighted by Crippen LogP contribution is 2.36. The van der Waals surface area contributed by atoms with Crippen LogP contribution in [0.4, 0.5) is 5.82 Å². The smallest absolute Gasteiger partial charge is 0.376 e. The number of esters is 1. The average molecular weight is 375 g/mol. The minimum Gasteiger partial charge on any atom is -0.463 e. The fourth-order valence-corrected chi connectivity index (χ4v) is 3.27. The molecule has 0 unspecified atom stereocenters. The van der Waals surface area contributed by atoms with Crippen LogP contribution in [-0.2, 0) is 4.74 Å². The molecule has 19 heavy (non-hydrogen) atoms. The molecule has 1 aromatic rings. The molecule has 0 bridgehead atoms. The number of rotatable bonds is 4. The Bertz CT molecular complexity index is 473. The number of aromatic nitrogens is 2. The van der Waals surface area contributed by atoms with Gasteiger partial charge in [-0.15, -0.1) is 0 Å². The Morgan fingerprint density at radius 2 is 2.11 bits per heavy atom. The van der Waals surface area contributed by atoms with Crippen molar-refractivity contribution in [2.75, 3.05) is 19.0 Å². The summed E-state index contributed by atoms with van der Waals surface area (Å²) in [6.45, 7) is 2.77. The van der Waals surface area contributed by atoms with Gasteiger partial charge in [-0.05, 0) is 42.4 Å². The fourth-order valence-electron chi connectivity index (χ4n) is 2.40. The number of hydrogen-bond acceptors (Lipinski definition) is 5. The van der Waals surface area contributed by atoms with E-state index in [9.17, 15) is 4.79 Å². The van der Waals surface area contributed by atoms with Gasteiger partial charge in [-0.25, -0.2) is 14.8 Å². The fraction of sp³-hybridized carbons (Fsp3) is 0.615. The highest BCUT2D eigenvalue weighted by atomic mass is 127. The minimum atomic E-state index is -0.477. The Balaban J connectivity index is 2.44. The molecule has 0 saturated heterocycles. The zero-order valence-corrected chi connectivity index (χ0v) is 13.4. The third-order valence-corrected chi connectivity index (χ3v) is 4.39. The van der Waals surface area contributed by atoms with E-state index in [1.165, 1.54) is 20.0 Å². The molecule has 1 aliphatic carbocycles. The number of nitrogens with one attached hydrogen (secondary N) is 1. The molecular formula is C13H18IN3O2. The first-order valence-corrected chi connectivity index (χ1v) is 7.64. The lowest BCUT2D eigenvalue weighted by atomic mass is 10.0. The molecule has 1 heterocycles. The van der Waals surface area contributed by atoms with E-state index in [2.05, 4.69) is 37.9 Å². The van der Waals surface area contributed by atoms with Gasteiger partial charge in [0.1, 0.15) is 5.82 Å². The first-order chi connectivity index (χ1) is 9.17. The summed E-state index contributed by atoms with van der Waals surface area (Å²) in [5, 5.41) is 3.19. The average Bonchev–Trinajstić information content (AvgIpc) is 2.94. The molecule has 104 valence electrons. The Kier molecular flexibility index (Phi) is 4.95. The molecule has 0 aliphatic heterocycles. The quantitative estimate of drug-likeness (QED) is 0.648. The van der Waals surface area contributed by atoms with Crippen LogP contribution in [0, 0.1) is 3.57 Å². The summed E-state index contributed by atoms with van der Waals surface area (Å²) < 4.78 is 5.76. The number of anilines is 1. The Labute approximate surface area is 126 Å². The van der Waals surface area contributed by atoms with Gasteiger partial charge in [0.25, 0.3) is 0 Å². The molecule has 0 atom stereocenters. The van der Waals surface area contributed by atoms with E-state index in [1.807, 2.05) is 6.92 Å². The molecule has 1 saturated carbocycles. The summed E-state index contributed by atoms with van der Waals surface area (Å²) >= 11 is 2.27. The normalized spacial score (nSPS) is 15.5. The Morgan fingerprint density at radius 3 is 2.68 bits per heavy atom. The van der Waals surface area contributed by atoms with Crippen molar-refractivity contribution in [3.63, 3.8) is 0 Å². The highest BCUT2D eigenvalue weighted by Gasteiger charge is 2.25. The maximum absolute atomic E-state index is 11.7. The summed E-state index contributed by atoms with van der Waals surface area (Å²) in [5.74, 6) is 0.853. The molecule has 1 aromatic heterocycles. The molecule has 0 spiro atoms. The van der Waals surface area contributed by atoms with E-state index >= 15 is 0 Å². The van der Waals surface area contributed by atoms with E-state index in [0.717, 1.165) is 34.5 Å². The lowest BCUT2D eigenvalue weighted by Gasteiger charge is -2.15. The van der Waals surface area contributed by atoms with Crippen LogP contribution < -0.4 is 5.32 Å². The van der Waals surface area contributed by atoms with Crippen LogP contribution in [0.15, 0.2) is 0 Å². The van der Waals surface area contributed by atoms with E-state index in [4.69, 9.17) is 4.74 Å². The van der Waals surface area contributed by atoms with Crippen LogP contribution in [0.5, 0.6) is 0 Å². The van der Waals surface area contributed by atoms with Crippen molar-refractivity contribution in [1.82, 2.24) is 9.97 Å². The van der Waals surface area contributed by atoms with Crippen molar-refractivity contribution >= 4 is 34.4 Å². The summed E-state index contributed by atoms with van der Waals surface area (Å²) in [6.07, 6.45) is 4.74. The predicted molar refractivity (Wildman–Crippen MR) is 81.5 cm³/mol. The van der Waals surface area contributed by atoms with E-state index in [0.29, 0.717) is 5.92 Å². The van der Waals surface area contributed by atoms with Crippen molar-refractivity contribution in [2.45, 2.75) is 38.5 Å². The van der Waals surface area contributed by atoms with Crippen LogP contribution in [-0.4, -0.2) is 29.6 Å². The van der Waals surface area contributed by atoms with E-state index in [1.54, 1.807) is 0 Å². The van der Waals surface area contributed by atoms with Gasteiger partial charge in [0.2, 0.25) is 5.82 Å². The third-order valence-electron chi connectivity index (χ3n) is 3.33. The molecule has 5 nitrogen and oxygen atoms in total. The SMILES string of the molecule is CCNc1nc(C(=O)OC)nc(C2CCCC2)c1I. The van der Waals surface area contributed by atoms with Gasteiger partial charge in [0, 0.05) is 12.5 Å². The van der Waals surface area contributed by atoms with Gasteiger partial charge in [-0.1, -0.05) is 12.8 Å². The maximum atomic E-state index is 11.7. The van der Waals surface area contributed by atoms with Crippen LogP contribution in [0.2, 0.25) is 0 Å². The van der Waals surface area contributed by atoms with Crippen LogP contribution >= 0.6 is 22.6 Å². The molecular weight excluding hydrogens is 357 g/mol. The standard InChI is InChI=1S/C13H18IN3O2/c1-3-15-11-9(14)10(8-6-4-5-7-8)16-12(17-11)13(18)19-2/h8H,3-7H2,1-2H3,(H,15,16,17). The largest absolute Gasteiger partial charge is 0.463 e. The number of nitrogens with zero attached hydrogens (tertiary/aromatic N) is 2. The second-order valence-corrected chi connectivity index (χ2v) is 5.68. The molecule has 0 aromatic carbocycles. The van der Waals surface area contributed by atoms with Crippen LogP contribution in [0.3, 0.4) is 0 Å². The second kappa shape index (κ2) is 6.49. The zero-order valence-electron chi connectivity index (χ0n) is 11.2. The van der Waals surface area contributed by atoms with Crippen LogP contribution in [0.1, 0.15) is 54.8 Å². The van der Waals surface area contributed by atoms with Crippen molar-refractivity contribution in [1.29, 1.82) is 0 Å². The Morgan fingerprint density at radius 1 is 1.42 bits per heavy atom. The van der Waals surface area contributed by atoms with Crippen LogP contribution in [0.25, 0.3) is 0 Å². The number of halogens is 1. The van der Waals surface area contributed by atoms with E-state index < -0.39 is 5.97 Å². The molecule has 1 fully saturated rings. The summed E-state index contributed by atoms with van der Waals surface area (Å²) in [4.78, 5) is 20.4. The highest BCUT2D eigenvalue weighted by molar-refractivity contribution is 14.1. The van der Waals surface area contributed by atoms with Crippen molar-refractivity contribution in [3.8, 4) is 0 Å². The van der Waals surface area contributed by atoms with Gasteiger partial charge >= 0.3 is 5.97 Å². The van der Waals surface area contributed by atoms with Gasteiger partial charge in [0.05, 0.1) is 16.4 Å². The maximum Gasteiger partial charge on any atom is 0.376 e. The number of hydrogen-bond donors (Lipinski definition) is 1. The monoisotopic (exact) mass is 375 g/mol. The molecule has 2 rings (SSSR count). The number of carbonyl (C=O) groups excluding carboxylic acids is 1. The molecule has 0 radical (unpaired) electrons. The van der Waals surface area contributed by atoms with Gasteiger partial charge < -0.3 is 10.1 Å². The lowest BCUT2D eigenvalue weighted by Crippen LogP contribution is -2.15. The molecule has 6 heteroatoms. The number of ether oxygens (including phenoxy) is 1. The molecule has 0 amide bonds. The van der Waals surface area contributed by atoms with Gasteiger partial charge in [0.15, 0.2) is 0 Å². The number of carbonyl (C=O) groups is 1. The first kappa shape index (κ1) is 14.5. The zero-order chi connectivity index (χ0) is 13.8. The summed E-state index contributed by atoms with van der Waals surface area (Å²) in [5.41, 5.74) is 0.990. The Hall–Kier alpha value is -0.920. The van der Waals surface area contributed by atoms with E-state index in [-0.39, 0.29) is 5.82 Å².